The Kier molecular flexibility index (Phi) is 13.8. The summed E-state index contributed by atoms with van der Waals surface area (Å²) in [5.41, 5.74) is -0.953. The minimum Gasteiger partial charge on any atom is -0.550 e. The Morgan fingerprint density at radius 1 is 1.41 bits per heavy atom. The van der Waals surface area contributed by atoms with E-state index in [4.69, 9.17) is 5.11 Å². The van der Waals surface area contributed by atoms with Crippen LogP contribution in [0, 0.1) is 5.41 Å². The minimum atomic E-state index is -1.37. The van der Waals surface area contributed by atoms with Crippen molar-refractivity contribution in [1.29, 1.82) is 0 Å². The third-order valence-corrected chi connectivity index (χ3v) is 2.02. The molecular formula is C9H18KNO6. The number of nitrogens with one attached hydrogen (secondary N) is 1. The zero-order valence-corrected chi connectivity index (χ0v) is 13.4. The second kappa shape index (κ2) is 10.4. The van der Waals surface area contributed by atoms with Crippen LogP contribution in [0.5, 0.6) is 0 Å². The van der Waals surface area contributed by atoms with E-state index in [0.29, 0.717) is 0 Å². The Labute approximate surface area is 142 Å². The SMILES string of the molecule is CC(C)(CO)[C@@H](O)C(=O)NCCC(=O)[O-].O.[K+]. The molecular weight excluding hydrogens is 257 g/mol. The molecule has 0 heterocycles. The van der Waals surface area contributed by atoms with Crippen LogP contribution in [-0.4, -0.2) is 46.8 Å². The zero-order valence-electron chi connectivity index (χ0n) is 10.3. The molecule has 0 aromatic carbocycles. The quantitative estimate of drug-likeness (QED) is 0.413. The number of carbonyl (C=O) groups excluding carboxylic acids is 2. The third kappa shape index (κ3) is 9.09. The molecule has 0 aliphatic rings. The van der Waals surface area contributed by atoms with Crippen molar-refractivity contribution >= 4 is 11.9 Å². The van der Waals surface area contributed by atoms with Gasteiger partial charge in [-0.3, -0.25) is 4.79 Å². The summed E-state index contributed by atoms with van der Waals surface area (Å²) >= 11 is 0. The predicted molar refractivity (Wildman–Crippen MR) is 53.1 cm³/mol. The predicted octanol–water partition coefficient (Wildman–Crippen LogP) is -6.20. The van der Waals surface area contributed by atoms with Crippen molar-refractivity contribution in [3.05, 3.63) is 0 Å². The van der Waals surface area contributed by atoms with Crippen LogP contribution in [-0.2, 0) is 9.59 Å². The molecule has 0 unspecified atom stereocenters. The fraction of sp³-hybridized carbons (Fsp3) is 0.778. The maximum Gasteiger partial charge on any atom is 1.00 e. The third-order valence-electron chi connectivity index (χ3n) is 2.02. The van der Waals surface area contributed by atoms with Crippen LogP contribution in [0.15, 0.2) is 0 Å². The summed E-state index contributed by atoms with van der Waals surface area (Å²) < 4.78 is 0. The van der Waals surface area contributed by atoms with Crippen LogP contribution in [0.1, 0.15) is 20.3 Å². The summed E-state index contributed by atoms with van der Waals surface area (Å²) in [4.78, 5) is 21.3. The smallest absolute Gasteiger partial charge is 0.550 e. The average Bonchev–Trinajstić information content (AvgIpc) is 2.15. The topological polar surface area (TPSA) is 141 Å². The summed E-state index contributed by atoms with van der Waals surface area (Å²) in [6.45, 7) is 2.60. The van der Waals surface area contributed by atoms with E-state index in [1.54, 1.807) is 0 Å². The fourth-order valence-corrected chi connectivity index (χ4v) is 0.826. The molecule has 0 aliphatic carbocycles. The van der Waals surface area contributed by atoms with Gasteiger partial charge in [0.1, 0.15) is 6.10 Å². The molecule has 0 aliphatic heterocycles. The number of carboxylic acid groups (broad SMARTS) is 1. The van der Waals surface area contributed by atoms with E-state index in [-0.39, 0.29) is 76.4 Å². The van der Waals surface area contributed by atoms with Gasteiger partial charge >= 0.3 is 51.4 Å². The van der Waals surface area contributed by atoms with Gasteiger partial charge in [0, 0.05) is 24.3 Å². The standard InChI is InChI=1S/C9H17NO5.K.H2O/c1-9(2,5-11)7(14)8(15)10-4-3-6(12)13;;/h7,11,14H,3-5H2,1-2H3,(H,10,15)(H,12,13);;1H2/q;+1;/p-1/t7-;;/m0../s1. The monoisotopic (exact) mass is 275 g/mol. The van der Waals surface area contributed by atoms with Crippen LogP contribution in [0.2, 0.25) is 0 Å². The van der Waals surface area contributed by atoms with Gasteiger partial charge in [-0.1, -0.05) is 13.8 Å². The van der Waals surface area contributed by atoms with Gasteiger partial charge in [0.15, 0.2) is 0 Å². The molecule has 0 aromatic rings. The van der Waals surface area contributed by atoms with Gasteiger partial charge in [-0.05, 0) is 0 Å². The maximum absolute atomic E-state index is 11.2. The number of aliphatic hydroxyl groups excluding tert-OH is 2. The van der Waals surface area contributed by atoms with E-state index in [1.807, 2.05) is 0 Å². The fourth-order valence-electron chi connectivity index (χ4n) is 0.826. The van der Waals surface area contributed by atoms with Crippen molar-refractivity contribution in [3.63, 3.8) is 0 Å². The molecule has 5 N–H and O–H groups in total. The van der Waals surface area contributed by atoms with Crippen LogP contribution in [0.4, 0.5) is 0 Å². The van der Waals surface area contributed by atoms with Crippen molar-refractivity contribution < 1.29 is 81.8 Å². The summed E-state index contributed by atoms with van der Waals surface area (Å²) in [5.74, 6) is -1.97. The second-order valence-electron chi connectivity index (χ2n) is 3.96. The van der Waals surface area contributed by atoms with Crippen LogP contribution < -0.4 is 61.8 Å². The van der Waals surface area contributed by atoms with Gasteiger partial charge < -0.3 is 30.9 Å². The Morgan fingerprint density at radius 3 is 2.24 bits per heavy atom. The van der Waals surface area contributed by atoms with Gasteiger partial charge in [-0.25, -0.2) is 0 Å². The first-order valence-electron chi connectivity index (χ1n) is 4.57. The van der Waals surface area contributed by atoms with Crippen molar-refractivity contribution in [2.75, 3.05) is 13.2 Å². The summed E-state index contributed by atoms with van der Waals surface area (Å²) in [7, 11) is 0. The first-order chi connectivity index (χ1) is 6.81. The molecule has 0 bridgehead atoms. The minimum absolute atomic E-state index is 0. The Hall–Kier alpha value is 0.456. The van der Waals surface area contributed by atoms with Crippen molar-refractivity contribution in [2.45, 2.75) is 26.4 Å². The van der Waals surface area contributed by atoms with Crippen LogP contribution in [0.3, 0.4) is 0 Å². The normalized spacial score (nSPS) is 11.8. The number of aliphatic hydroxyl groups is 2. The first-order valence-corrected chi connectivity index (χ1v) is 4.57. The summed E-state index contributed by atoms with van der Waals surface area (Å²) in [6, 6.07) is 0. The molecule has 7 nitrogen and oxygen atoms in total. The summed E-state index contributed by atoms with van der Waals surface area (Å²) in [6.07, 6.45) is -1.68. The summed E-state index contributed by atoms with van der Waals surface area (Å²) in [5, 5.41) is 30.6. The van der Waals surface area contributed by atoms with Crippen LogP contribution in [0.25, 0.3) is 0 Å². The number of carbonyl (C=O) groups is 2. The average molecular weight is 275 g/mol. The van der Waals surface area contributed by atoms with E-state index < -0.39 is 23.4 Å². The van der Waals surface area contributed by atoms with E-state index in [1.165, 1.54) is 13.8 Å². The van der Waals surface area contributed by atoms with Crippen molar-refractivity contribution in [2.24, 2.45) is 5.41 Å². The molecule has 1 amide bonds. The van der Waals surface area contributed by atoms with E-state index >= 15 is 0 Å². The molecule has 1 atom stereocenters. The second-order valence-corrected chi connectivity index (χ2v) is 3.96. The molecule has 96 valence electrons. The number of hydrogen-bond donors (Lipinski definition) is 3. The molecule has 0 radical (unpaired) electrons. The molecule has 8 heteroatoms. The van der Waals surface area contributed by atoms with Crippen molar-refractivity contribution in [1.82, 2.24) is 5.32 Å². The number of rotatable bonds is 6. The Bertz CT molecular complexity index is 246. The number of hydrogen-bond acceptors (Lipinski definition) is 5. The van der Waals surface area contributed by atoms with E-state index in [2.05, 4.69) is 5.32 Å². The Morgan fingerprint density at radius 2 is 1.88 bits per heavy atom. The zero-order chi connectivity index (χ0) is 12.1. The molecule has 0 saturated carbocycles. The van der Waals surface area contributed by atoms with Gasteiger partial charge in [0.05, 0.1) is 6.61 Å². The molecule has 0 fully saturated rings. The molecule has 0 spiro atoms. The number of aliphatic carboxylic acids is 1. The molecule has 0 rings (SSSR count). The van der Waals surface area contributed by atoms with Gasteiger partial charge in [0.25, 0.3) is 0 Å². The first kappa shape index (κ1) is 22.6. The Balaban J connectivity index is -0.000000980. The van der Waals surface area contributed by atoms with Crippen molar-refractivity contribution in [3.8, 4) is 0 Å². The van der Waals surface area contributed by atoms with Crippen LogP contribution >= 0.6 is 0 Å². The molecule has 0 aromatic heterocycles. The van der Waals surface area contributed by atoms with Gasteiger partial charge in [-0.2, -0.15) is 0 Å². The molecule has 17 heavy (non-hydrogen) atoms. The van der Waals surface area contributed by atoms with E-state index in [9.17, 15) is 19.8 Å². The number of carboxylic acids is 1. The largest absolute Gasteiger partial charge is 1.00 e. The van der Waals surface area contributed by atoms with Gasteiger partial charge in [0.2, 0.25) is 5.91 Å². The van der Waals surface area contributed by atoms with E-state index in [0.717, 1.165) is 0 Å². The maximum atomic E-state index is 11.2. The van der Waals surface area contributed by atoms with Gasteiger partial charge in [-0.15, -0.1) is 0 Å². The molecule has 0 saturated heterocycles. The number of amides is 1.